The molecule has 1 N–H and O–H groups in total. The monoisotopic (exact) mass is 260 g/mol. The summed E-state index contributed by atoms with van der Waals surface area (Å²) in [5.41, 5.74) is 0.579. The van der Waals surface area contributed by atoms with Gasteiger partial charge in [-0.2, -0.15) is 0 Å². The van der Waals surface area contributed by atoms with Crippen molar-refractivity contribution in [2.24, 2.45) is 5.92 Å². The van der Waals surface area contributed by atoms with Crippen LogP contribution in [0.2, 0.25) is 0 Å². The predicted molar refractivity (Wildman–Crippen MR) is 73.2 cm³/mol. The number of phenols is 1. The second kappa shape index (κ2) is 5.21. The van der Waals surface area contributed by atoms with Crippen LogP contribution in [-0.2, 0) is 0 Å². The minimum absolute atomic E-state index is 0.0296. The Morgan fingerprint density at radius 2 is 1.95 bits per heavy atom. The molecule has 1 aliphatic heterocycles. The fourth-order valence-electron chi connectivity index (χ4n) is 2.62. The lowest BCUT2D eigenvalue weighted by Crippen LogP contribution is -2.49. The highest BCUT2D eigenvalue weighted by Gasteiger charge is 2.27. The third kappa shape index (κ3) is 3.07. The summed E-state index contributed by atoms with van der Waals surface area (Å²) in [7, 11) is 0. The van der Waals surface area contributed by atoms with Crippen molar-refractivity contribution in [3.63, 3.8) is 0 Å². The summed E-state index contributed by atoms with van der Waals surface area (Å²) in [5, 5.41) is 9.43. The molecule has 0 atom stereocenters. The first-order valence-corrected chi connectivity index (χ1v) is 7.03. The summed E-state index contributed by atoms with van der Waals surface area (Å²) >= 11 is 0. The standard InChI is InChI=1S/C15H20N2O2/c18-14-3-1-2-13(10-14)15(19)17-8-6-16(7-9-17)11-12-4-5-12/h1-3,10,12,18H,4-9,11H2. The lowest BCUT2D eigenvalue weighted by Gasteiger charge is -2.34. The summed E-state index contributed by atoms with van der Waals surface area (Å²) in [6.45, 7) is 4.73. The Balaban J connectivity index is 1.56. The van der Waals surface area contributed by atoms with Gasteiger partial charge in [0.1, 0.15) is 5.75 Å². The number of phenolic OH excluding ortho intramolecular Hbond substituents is 1. The number of rotatable bonds is 3. The number of carbonyl (C=O) groups is 1. The number of piperazine rings is 1. The van der Waals surface area contributed by atoms with Gasteiger partial charge in [-0.15, -0.1) is 0 Å². The Hall–Kier alpha value is -1.55. The highest BCUT2D eigenvalue weighted by Crippen LogP contribution is 2.30. The fraction of sp³-hybridized carbons (Fsp3) is 0.533. The zero-order valence-corrected chi connectivity index (χ0v) is 11.1. The first-order chi connectivity index (χ1) is 9.22. The van der Waals surface area contributed by atoms with Crippen molar-refractivity contribution in [3.05, 3.63) is 29.8 Å². The zero-order chi connectivity index (χ0) is 13.2. The molecule has 1 aliphatic carbocycles. The first-order valence-electron chi connectivity index (χ1n) is 7.03. The normalized spacial score (nSPS) is 20.5. The van der Waals surface area contributed by atoms with E-state index in [1.54, 1.807) is 24.3 Å². The number of aromatic hydroxyl groups is 1. The SMILES string of the molecule is O=C(c1cccc(O)c1)N1CCN(CC2CC2)CC1. The number of hydrogen-bond donors (Lipinski definition) is 1. The molecule has 0 aromatic heterocycles. The molecule has 0 radical (unpaired) electrons. The summed E-state index contributed by atoms with van der Waals surface area (Å²) in [5.74, 6) is 1.09. The van der Waals surface area contributed by atoms with E-state index < -0.39 is 0 Å². The van der Waals surface area contributed by atoms with Gasteiger partial charge in [-0.05, 0) is 37.0 Å². The van der Waals surface area contributed by atoms with Crippen LogP contribution in [0.3, 0.4) is 0 Å². The second-order valence-electron chi connectivity index (χ2n) is 5.59. The molecule has 102 valence electrons. The molecule has 4 nitrogen and oxygen atoms in total. The molecule has 4 heteroatoms. The van der Waals surface area contributed by atoms with Gasteiger partial charge in [-0.3, -0.25) is 9.69 Å². The second-order valence-corrected chi connectivity index (χ2v) is 5.59. The van der Waals surface area contributed by atoms with Crippen molar-refractivity contribution in [2.45, 2.75) is 12.8 Å². The van der Waals surface area contributed by atoms with E-state index in [0.29, 0.717) is 5.56 Å². The van der Waals surface area contributed by atoms with Crippen LogP contribution in [-0.4, -0.2) is 53.5 Å². The highest BCUT2D eigenvalue weighted by atomic mass is 16.3. The third-order valence-corrected chi connectivity index (χ3v) is 3.97. The lowest BCUT2D eigenvalue weighted by molar-refractivity contribution is 0.0631. The van der Waals surface area contributed by atoms with Crippen molar-refractivity contribution in [2.75, 3.05) is 32.7 Å². The van der Waals surface area contributed by atoms with Crippen LogP contribution in [0.15, 0.2) is 24.3 Å². The molecule has 2 aliphatic rings. The van der Waals surface area contributed by atoms with Crippen molar-refractivity contribution in [1.29, 1.82) is 0 Å². The Morgan fingerprint density at radius 3 is 2.58 bits per heavy atom. The van der Waals surface area contributed by atoms with Gasteiger partial charge in [0, 0.05) is 38.3 Å². The molecule has 0 spiro atoms. The van der Waals surface area contributed by atoms with E-state index in [4.69, 9.17) is 0 Å². The van der Waals surface area contributed by atoms with Crippen LogP contribution in [0.1, 0.15) is 23.2 Å². The van der Waals surface area contributed by atoms with E-state index in [2.05, 4.69) is 4.90 Å². The Labute approximate surface area is 113 Å². The van der Waals surface area contributed by atoms with Crippen molar-refractivity contribution < 1.29 is 9.90 Å². The predicted octanol–water partition coefficient (Wildman–Crippen LogP) is 1.56. The average Bonchev–Trinajstić information content (AvgIpc) is 3.23. The first kappa shape index (κ1) is 12.5. The van der Waals surface area contributed by atoms with Crippen LogP contribution in [0, 0.1) is 5.92 Å². The van der Waals surface area contributed by atoms with E-state index in [1.807, 2.05) is 4.90 Å². The van der Waals surface area contributed by atoms with Gasteiger partial charge in [-0.1, -0.05) is 6.07 Å². The van der Waals surface area contributed by atoms with Gasteiger partial charge in [-0.25, -0.2) is 0 Å². The highest BCUT2D eigenvalue weighted by molar-refractivity contribution is 5.94. The molecule has 1 saturated heterocycles. The molecule has 1 amide bonds. The quantitative estimate of drug-likeness (QED) is 0.897. The topological polar surface area (TPSA) is 43.8 Å². The van der Waals surface area contributed by atoms with Crippen LogP contribution in [0.25, 0.3) is 0 Å². The summed E-state index contributed by atoms with van der Waals surface area (Å²) < 4.78 is 0. The molecule has 1 saturated carbocycles. The van der Waals surface area contributed by atoms with Gasteiger partial charge in [0.25, 0.3) is 5.91 Å². The maximum absolute atomic E-state index is 12.3. The number of nitrogens with zero attached hydrogens (tertiary/aromatic N) is 2. The molecule has 0 unspecified atom stereocenters. The molecule has 1 heterocycles. The van der Waals surface area contributed by atoms with Crippen molar-refractivity contribution in [3.8, 4) is 5.75 Å². The maximum atomic E-state index is 12.3. The van der Waals surface area contributed by atoms with Crippen LogP contribution >= 0.6 is 0 Å². The van der Waals surface area contributed by atoms with Crippen molar-refractivity contribution >= 4 is 5.91 Å². The Morgan fingerprint density at radius 1 is 1.21 bits per heavy atom. The Bertz CT molecular complexity index is 463. The fourth-order valence-corrected chi connectivity index (χ4v) is 2.62. The lowest BCUT2D eigenvalue weighted by atomic mass is 10.1. The number of hydrogen-bond acceptors (Lipinski definition) is 3. The summed E-state index contributed by atoms with van der Waals surface area (Å²) in [6.07, 6.45) is 2.75. The smallest absolute Gasteiger partial charge is 0.254 e. The summed E-state index contributed by atoms with van der Waals surface area (Å²) in [4.78, 5) is 16.6. The van der Waals surface area contributed by atoms with Gasteiger partial charge in [0.05, 0.1) is 0 Å². The molecule has 1 aromatic carbocycles. The minimum atomic E-state index is 0.0296. The minimum Gasteiger partial charge on any atom is -0.508 e. The van der Waals surface area contributed by atoms with Crippen LogP contribution < -0.4 is 0 Å². The van der Waals surface area contributed by atoms with E-state index in [1.165, 1.54) is 19.4 Å². The average molecular weight is 260 g/mol. The molecule has 19 heavy (non-hydrogen) atoms. The van der Waals surface area contributed by atoms with Crippen molar-refractivity contribution in [1.82, 2.24) is 9.80 Å². The zero-order valence-electron chi connectivity index (χ0n) is 11.1. The molecule has 0 bridgehead atoms. The summed E-state index contributed by atoms with van der Waals surface area (Å²) in [6, 6.07) is 6.60. The molecule has 2 fully saturated rings. The van der Waals surface area contributed by atoms with E-state index in [-0.39, 0.29) is 11.7 Å². The van der Waals surface area contributed by atoms with Gasteiger partial charge < -0.3 is 10.0 Å². The maximum Gasteiger partial charge on any atom is 0.254 e. The van der Waals surface area contributed by atoms with Gasteiger partial charge in [0.2, 0.25) is 0 Å². The number of amides is 1. The van der Waals surface area contributed by atoms with E-state index in [9.17, 15) is 9.90 Å². The largest absolute Gasteiger partial charge is 0.508 e. The van der Waals surface area contributed by atoms with E-state index >= 15 is 0 Å². The molecular formula is C15H20N2O2. The van der Waals surface area contributed by atoms with Crippen LogP contribution in [0.4, 0.5) is 0 Å². The van der Waals surface area contributed by atoms with Gasteiger partial charge >= 0.3 is 0 Å². The van der Waals surface area contributed by atoms with Gasteiger partial charge in [0.15, 0.2) is 0 Å². The molecule has 3 rings (SSSR count). The number of benzene rings is 1. The molecular weight excluding hydrogens is 240 g/mol. The Kier molecular flexibility index (Phi) is 3.42. The molecule has 1 aromatic rings. The van der Waals surface area contributed by atoms with Crippen LogP contribution in [0.5, 0.6) is 5.75 Å². The number of carbonyl (C=O) groups excluding carboxylic acids is 1. The van der Waals surface area contributed by atoms with E-state index in [0.717, 1.165) is 32.1 Å². The third-order valence-electron chi connectivity index (χ3n) is 3.97.